The molecule has 0 unspecified atom stereocenters. The van der Waals surface area contributed by atoms with E-state index >= 15 is 0 Å². The van der Waals surface area contributed by atoms with E-state index in [0.717, 1.165) is 19.4 Å². The van der Waals surface area contributed by atoms with Crippen LogP contribution in [0.25, 0.3) is 16.3 Å². The summed E-state index contributed by atoms with van der Waals surface area (Å²) in [7, 11) is -1.82. The number of allylic oxidation sites excluding steroid dienone is 5. The topological polar surface area (TPSA) is 18.5 Å². The second kappa shape index (κ2) is 10.3. The molecule has 2 atom stereocenters. The van der Waals surface area contributed by atoms with Gasteiger partial charge in [0.2, 0.25) is 0 Å². The van der Waals surface area contributed by atoms with Crippen LogP contribution in [-0.2, 0) is 9.16 Å². The average molecular weight is 449 g/mol. The smallest absolute Gasteiger partial charge is 0.192 e. The lowest BCUT2D eigenvalue weighted by Crippen LogP contribution is -2.49. The van der Waals surface area contributed by atoms with Crippen LogP contribution in [0, 0.1) is 0 Å². The average Bonchev–Trinajstić information content (AvgIpc) is 2.75. The van der Waals surface area contributed by atoms with E-state index < -0.39 is 8.32 Å². The first-order chi connectivity index (χ1) is 15.1. The molecule has 0 bridgehead atoms. The quantitative estimate of drug-likeness (QED) is 0.327. The number of benzene rings is 2. The first kappa shape index (κ1) is 24.7. The summed E-state index contributed by atoms with van der Waals surface area (Å²) in [5, 5.41) is 2.76. The molecule has 32 heavy (non-hydrogen) atoms. The first-order valence-corrected chi connectivity index (χ1v) is 14.8. The summed E-state index contributed by atoms with van der Waals surface area (Å²) in [4.78, 5) is 0. The lowest BCUT2D eigenvalue weighted by molar-refractivity contribution is -0.0478. The van der Waals surface area contributed by atoms with Crippen molar-refractivity contribution in [3.8, 4) is 0 Å². The molecule has 3 heteroatoms. The van der Waals surface area contributed by atoms with Crippen LogP contribution < -0.4 is 0 Å². The lowest BCUT2D eigenvalue weighted by atomic mass is 9.99. The molecule has 0 spiro atoms. The first-order valence-electron chi connectivity index (χ1n) is 11.9. The maximum atomic E-state index is 6.75. The zero-order valence-corrected chi connectivity index (χ0v) is 21.9. The summed E-state index contributed by atoms with van der Waals surface area (Å²) >= 11 is 0. The molecule has 3 rings (SSSR count). The van der Waals surface area contributed by atoms with Gasteiger partial charge in [0.05, 0.1) is 6.10 Å². The number of fused-ring (bicyclic) bond motifs is 1. The Hall–Kier alpha value is -1.94. The van der Waals surface area contributed by atoms with Crippen molar-refractivity contribution in [2.45, 2.75) is 77.8 Å². The highest BCUT2D eigenvalue weighted by atomic mass is 28.4. The van der Waals surface area contributed by atoms with Gasteiger partial charge >= 0.3 is 0 Å². The predicted molar refractivity (Wildman–Crippen MR) is 142 cm³/mol. The van der Waals surface area contributed by atoms with Gasteiger partial charge < -0.3 is 9.16 Å². The molecule has 0 amide bonds. The third-order valence-corrected chi connectivity index (χ3v) is 11.5. The number of ether oxygens (including phenoxy) is 1. The fraction of sp³-hybridized carbons (Fsp3) is 0.448. The number of rotatable bonds is 6. The SMILES string of the molecule is C\C(=C/C=C/C=C(\C)[C@@H]1OCCC[C@H]1O[Si](C)(C)C(C)(C)C)c1ccc2ccccc2c1. The fourth-order valence-electron chi connectivity index (χ4n) is 3.89. The van der Waals surface area contributed by atoms with Crippen LogP contribution >= 0.6 is 0 Å². The maximum Gasteiger partial charge on any atom is 0.192 e. The zero-order chi connectivity index (χ0) is 23.4. The van der Waals surface area contributed by atoms with E-state index in [-0.39, 0.29) is 17.2 Å². The number of hydrogen-bond donors (Lipinski definition) is 0. The maximum absolute atomic E-state index is 6.75. The Morgan fingerprint density at radius 3 is 2.41 bits per heavy atom. The summed E-state index contributed by atoms with van der Waals surface area (Å²) < 4.78 is 12.9. The second-order valence-electron chi connectivity index (χ2n) is 10.6. The van der Waals surface area contributed by atoms with Gasteiger partial charge in [0, 0.05) is 6.61 Å². The summed E-state index contributed by atoms with van der Waals surface area (Å²) in [5.41, 5.74) is 3.75. The Morgan fingerprint density at radius 2 is 1.69 bits per heavy atom. The largest absolute Gasteiger partial charge is 0.411 e. The molecule has 0 radical (unpaired) electrons. The molecule has 1 saturated heterocycles. The molecule has 0 aliphatic carbocycles. The minimum atomic E-state index is -1.82. The monoisotopic (exact) mass is 448 g/mol. The molecule has 172 valence electrons. The van der Waals surface area contributed by atoms with Gasteiger partial charge in [-0.2, -0.15) is 0 Å². The molecule has 0 aromatic heterocycles. The van der Waals surface area contributed by atoms with Gasteiger partial charge in [0.1, 0.15) is 6.10 Å². The molecular formula is C29H40O2Si. The molecule has 2 nitrogen and oxygen atoms in total. The van der Waals surface area contributed by atoms with Crippen molar-refractivity contribution in [3.63, 3.8) is 0 Å². The van der Waals surface area contributed by atoms with Crippen LogP contribution in [-0.4, -0.2) is 27.1 Å². The summed E-state index contributed by atoms with van der Waals surface area (Å²) in [5.74, 6) is 0. The van der Waals surface area contributed by atoms with Gasteiger partial charge in [-0.05, 0) is 78.4 Å². The van der Waals surface area contributed by atoms with E-state index in [2.05, 4.69) is 114 Å². The van der Waals surface area contributed by atoms with Crippen molar-refractivity contribution in [1.82, 2.24) is 0 Å². The van der Waals surface area contributed by atoms with Crippen molar-refractivity contribution < 1.29 is 9.16 Å². The molecule has 2 aromatic rings. The fourth-order valence-corrected chi connectivity index (χ4v) is 5.24. The molecule has 1 aliphatic rings. The predicted octanol–water partition coefficient (Wildman–Crippen LogP) is 8.32. The number of hydrogen-bond acceptors (Lipinski definition) is 2. The van der Waals surface area contributed by atoms with Gasteiger partial charge in [-0.15, -0.1) is 0 Å². The van der Waals surface area contributed by atoms with Crippen LogP contribution in [0.1, 0.15) is 53.0 Å². The van der Waals surface area contributed by atoms with Crippen molar-refractivity contribution in [3.05, 3.63) is 77.9 Å². The highest BCUT2D eigenvalue weighted by Crippen LogP contribution is 2.39. The van der Waals surface area contributed by atoms with Crippen LogP contribution in [0.4, 0.5) is 0 Å². The van der Waals surface area contributed by atoms with Crippen LogP contribution in [0.2, 0.25) is 18.1 Å². The third kappa shape index (κ3) is 6.09. The molecule has 1 fully saturated rings. The van der Waals surface area contributed by atoms with Gasteiger partial charge in [-0.1, -0.05) is 81.5 Å². The van der Waals surface area contributed by atoms with Crippen molar-refractivity contribution >= 4 is 24.7 Å². The van der Waals surface area contributed by atoms with Gasteiger partial charge in [0.15, 0.2) is 8.32 Å². The van der Waals surface area contributed by atoms with E-state index in [1.807, 2.05) is 0 Å². The Kier molecular flexibility index (Phi) is 7.97. The van der Waals surface area contributed by atoms with E-state index in [4.69, 9.17) is 9.16 Å². The van der Waals surface area contributed by atoms with Crippen LogP contribution in [0.3, 0.4) is 0 Å². The van der Waals surface area contributed by atoms with Gasteiger partial charge in [0.25, 0.3) is 0 Å². The van der Waals surface area contributed by atoms with Crippen LogP contribution in [0.5, 0.6) is 0 Å². The molecule has 1 aliphatic heterocycles. The van der Waals surface area contributed by atoms with Crippen molar-refractivity contribution in [2.24, 2.45) is 0 Å². The molecular weight excluding hydrogens is 408 g/mol. The summed E-state index contributed by atoms with van der Waals surface area (Å²) in [6.07, 6.45) is 11.0. The Labute approximate surface area is 196 Å². The molecule has 0 saturated carbocycles. The second-order valence-corrected chi connectivity index (χ2v) is 15.3. The zero-order valence-electron chi connectivity index (χ0n) is 20.9. The molecule has 0 N–H and O–H groups in total. The summed E-state index contributed by atoms with van der Waals surface area (Å²) in [6.45, 7) is 16.7. The minimum absolute atomic E-state index is 0.0492. The van der Waals surface area contributed by atoms with E-state index in [1.165, 1.54) is 27.5 Å². The standard InChI is InChI=1S/C29H40O2Si/c1-22(25-19-18-24-15-10-11-16-26(24)21-25)13-8-9-14-23(2)28-27(17-12-20-30-28)31-32(6,7)29(3,4)5/h8-11,13-16,18-19,21,27-28H,12,17,20H2,1-7H3/b9-8+,22-13+,23-14+/t27-,28+/m1/s1. The molecule has 2 aromatic carbocycles. The minimum Gasteiger partial charge on any atom is -0.411 e. The van der Waals surface area contributed by atoms with E-state index in [0.29, 0.717) is 0 Å². The van der Waals surface area contributed by atoms with Gasteiger partial charge in [-0.25, -0.2) is 0 Å². The molecule has 1 heterocycles. The van der Waals surface area contributed by atoms with E-state index in [1.54, 1.807) is 0 Å². The van der Waals surface area contributed by atoms with E-state index in [9.17, 15) is 0 Å². The highest BCUT2D eigenvalue weighted by Gasteiger charge is 2.41. The normalized spacial score (nSPS) is 21.5. The highest BCUT2D eigenvalue weighted by molar-refractivity contribution is 6.74. The van der Waals surface area contributed by atoms with Crippen molar-refractivity contribution in [2.75, 3.05) is 6.61 Å². The lowest BCUT2D eigenvalue weighted by Gasteiger charge is -2.43. The third-order valence-electron chi connectivity index (χ3n) is 6.99. The summed E-state index contributed by atoms with van der Waals surface area (Å²) in [6, 6.07) is 15.1. The Balaban J connectivity index is 1.69. The van der Waals surface area contributed by atoms with Crippen LogP contribution in [0.15, 0.2) is 72.3 Å². The Morgan fingerprint density at radius 1 is 1.00 bits per heavy atom. The van der Waals surface area contributed by atoms with Gasteiger partial charge in [-0.3, -0.25) is 0 Å². The Bertz CT molecular complexity index is 1010. The van der Waals surface area contributed by atoms with Crippen molar-refractivity contribution in [1.29, 1.82) is 0 Å².